The van der Waals surface area contributed by atoms with Gasteiger partial charge in [-0.3, -0.25) is 4.79 Å². The van der Waals surface area contributed by atoms with Crippen molar-refractivity contribution in [2.24, 2.45) is 11.7 Å². The summed E-state index contributed by atoms with van der Waals surface area (Å²) in [5.41, 5.74) is 4.97. The zero-order valence-corrected chi connectivity index (χ0v) is 11.6. The lowest BCUT2D eigenvalue weighted by atomic mass is 9.89. The van der Waals surface area contributed by atoms with Gasteiger partial charge in [0.05, 0.1) is 0 Å². The summed E-state index contributed by atoms with van der Waals surface area (Å²) in [6.07, 6.45) is 5.75. The average molecular weight is 285 g/mol. The molecule has 5 N–H and O–H groups in total. The Morgan fingerprint density at radius 1 is 1.20 bits per heavy atom. The molecule has 0 bridgehead atoms. The summed E-state index contributed by atoms with van der Waals surface area (Å²) in [5.74, 6) is -1.27. The lowest BCUT2D eigenvalue weighted by Gasteiger charge is -2.22. The molecule has 1 unspecified atom stereocenters. The third-order valence-corrected chi connectivity index (χ3v) is 3.56. The first-order valence-corrected chi connectivity index (χ1v) is 7.04. The summed E-state index contributed by atoms with van der Waals surface area (Å²) in [4.78, 5) is 33.2. The molecule has 1 atom stereocenters. The van der Waals surface area contributed by atoms with Crippen LogP contribution in [-0.4, -0.2) is 35.6 Å². The molecule has 0 saturated heterocycles. The first-order chi connectivity index (χ1) is 9.49. The number of primary amides is 1. The van der Waals surface area contributed by atoms with Gasteiger partial charge in [0.25, 0.3) is 0 Å². The first-order valence-electron chi connectivity index (χ1n) is 7.04. The van der Waals surface area contributed by atoms with E-state index in [-0.39, 0.29) is 12.8 Å². The fourth-order valence-electron chi connectivity index (χ4n) is 2.38. The Hall–Kier alpha value is -1.79. The standard InChI is InChI=1S/C13H23N3O4/c14-11(17)7-6-10(12(18)19)16-13(20)15-8-9-4-2-1-3-5-9/h9-10H,1-8H2,(H2,14,17)(H,18,19)(H2,15,16,20). The zero-order chi connectivity index (χ0) is 15.0. The summed E-state index contributed by atoms with van der Waals surface area (Å²) >= 11 is 0. The predicted octanol–water partition coefficient (Wildman–Crippen LogP) is 0.585. The van der Waals surface area contributed by atoms with Gasteiger partial charge in [-0.15, -0.1) is 0 Å². The van der Waals surface area contributed by atoms with E-state index >= 15 is 0 Å². The van der Waals surface area contributed by atoms with Gasteiger partial charge in [0.15, 0.2) is 0 Å². The van der Waals surface area contributed by atoms with E-state index in [1.165, 1.54) is 19.3 Å². The molecule has 0 spiro atoms. The number of carbonyl (C=O) groups excluding carboxylic acids is 2. The lowest BCUT2D eigenvalue weighted by Crippen LogP contribution is -2.47. The molecule has 0 aromatic rings. The van der Waals surface area contributed by atoms with Gasteiger partial charge >= 0.3 is 12.0 Å². The molecule has 0 aromatic carbocycles. The predicted molar refractivity (Wildman–Crippen MR) is 73.0 cm³/mol. The maximum Gasteiger partial charge on any atom is 0.326 e. The average Bonchev–Trinajstić information content (AvgIpc) is 2.41. The minimum absolute atomic E-state index is 0.00150. The van der Waals surface area contributed by atoms with Crippen molar-refractivity contribution in [1.29, 1.82) is 0 Å². The number of nitrogens with two attached hydrogens (primary N) is 1. The molecular weight excluding hydrogens is 262 g/mol. The second-order valence-corrected chi connectivity index (χ2v) is 5.25. The number of carboxylic acids is 1. The zero-order valence-electron chi connectivity index (χ0n) is 11.6. The molecule has 20 heavy (non-hydrogen) atoms. The summed E-state index contributed by atoms with van der Waals surface area (Å²) in [6.45, 7) is 0.563. The number of hydrogen-bond acceptors (Lipinski definition) is 3. The highest BCUT2D eigenvalue weighted by Crippen LogP contribution is 2.22. The van der Waals surface area contributed by atoms with Crippen LogP contribution in [0.2, 0.25) is 0 Å². The largest absolute Gasteiger partial charge is 0.480 e. The lowest BCUT2D eigenvalue weighted by molar-refractivity contribution is -0.139. The van der Waals surface area contributed by atoms with E-state index in [1.807, 2.05) is 0 Å². The Balaban J connectivity index is 2.29. The topological polar surface area (TPSA) is 122 Å². The summed E-state index contributed by atoms with van der Waals surface area (Å²) in [7, 11) is 0. The second kappa shape index (κ2) is 8.39. The molecule has 0 heterocycles. The van der Waals surface area contributed by atoms with Gasteiger partial charge < -0.3 is 21.5 Å². The molecule has 0 radical (unpaired) electrons. The van der Waals surface area contributed by atoms with Crippen molar-refractivity contribution in [1.82, 2.24) is 10.6 Å². The third kappa shape index (κ3) is 6.40. The molecule has 7 nitrogen and oxygen atoms in total. The van der Waals surface area contributed by atoms with Crippen LogP contribution in [0.1, 0.15) is 44.9 Å². The van der Waals surface area contributed by atoms with Crippen LogP contribution in [0.3, 0.4) is 0 Å². The Morgan fingerprint density at radius 3 is 2.40 bits per heavy atom. The number of carbonyl (C=O) groups is 3. The van der Waals surface area contributed by atoms with Crippen LogP contribution in [0.5, 0.6) is 0 Å². The van der Waals surface area contributed by atoms with E-state index in [1.54, 1.807) is 0 Å². The van der Waals surface area contributed by atoms with Crippen LogP contribution in [-0.2, 0) is 9.59 Å². The van der Waals surface area contributed by atoms with Crippen molar-refractivity contribution < 1.29 is 19.5 Å². The number of rotatable bonds is 7. The van der Waals surface area contributed by atoms with Crippen molar-refractivity contribution >= 4 is 17.9 Å². The fourth-order valence-corrected chi connectivity index (χ4v) is 2.38. The van der Waals surface area contributed by atoms with Crippen molar-refractivity contribution in [3.63, 3.8) is 0 Å². The van der Waals surface area contributed by atoms with Crippen LogP contribution in [0.25, 0.3) is 0 Å². The Labute approximate surface area is 118 Å². The van der Waals surface area contributed by atoms with E-state index in [4.69, 9.17) is 10.8 Å². The Kier molecular flexibility index (Phi) is 6.83. The Bertz CT molecular complexity index is 354. The van der Waals surface area contributed by atoms with E-state index in [0.29, 0.717) is 12.5 Å². The van der Waals surface area contributed by atoms with Gasteiger partial charge in [-0.05, 0) is 25.2 Å². The number of nitrogens with one attached hydrogen (secondary N) is 2. The molecule has 0 aromatic heterocycles. The molecule has 1 aliphatic rings. The van der Waals surface area contributed by atoms with E-state index < -0.39 is 23.9 Å². The van der Waals surface area contributed by atoms with Crippen LogP contribution in [0.4, 0.5) is 4.79 Å². The van der Waals surface area contributed by atoms with Crippen LogP contribution >= 0.6 is 0 Å². The number of hydrogen-bond donors (Lipinski definition) is 4. The highest BCUT2D eigenvalue weighted by atomic mass is 16.4. The normalized spacial score (nSPS) is 17.2. The summed E-state index contributed by atoms with van der Waals surface area (Å²) < 4.78 is 0. The maximum atomic E-state index is 11.6. The highest BCUT2D eigenvalue weighted by molar-refractivity contribution is 5.83. The number of urea groups is 1. The molecule has 1 fully saturated rings. The van der Waals surface area contributed by atoms with Gasteiger partial charge in [-0.25, -0.2) is 9.59 Å². The van der Waals surface area contributed by atoms with Gasteiger partial charge in [-0.1, -0.05) is 19.3 Å². The van der Waals surface area contributed by atoms with Crippen molar-refractivity contribution in [2.75, 3.05) is 6.54 Å². The fraction of sp³-hybridized carbons (Fsp3) is 0.769. The summed E-state index contributed by atoms with van der Waals surface area (Å²) in [6, 6.07) is -1.60. The van der Waals surface area contributed by atoms with Gasteiger partial charge in [0, 0.05) is 13.0 Å². The molecule has 0 aliphatic heterocycles. The van der Waals surface area contributed by atoms with E-state index in [2.05, 4.69) is 10.6 Å². The van der Waals surface area contributed by atoms with Gasteiger partial charge in [0.2, 0.25) is 5.91 Å². The van der Waals surface area contributed by atoms with E-state index in [0.717, 1.165) is 12.8 Å². The third-order valence-electron chi connectivity index (χ3n) is 3.56. The molecule has 1 saturated carbocycles. The molecule has 114 valence electrons. The molecule has 1 rings (SSSR count). The van der Waals surface area contributed by atoms with Crippen molar-refractivity contribution in [3.05, 3.63) is 0 Å². The second-order valence-electron chi connectivity index (χ2n) is 5.25. The minimum Gasteiger partial charge on any atom is -0.480 e. The van der Waals surface area contributed by atoms with Gasteiger partial charge in [-0.2, -0.15) is 0 Å². The monoisotopic (exact) mass is 285 g/mol. The number of carboxylic acid groups (broad SMARTS) is 1. The summed E-state index contributed by atoms with van der Waals surface area (Å²) in [5, 5.41) is 14.0. The molecular formula is C13H23N3O4. The highest BCUT2D eigenvalue weighted by Gasteiger charge is 2.21. The van der Waals surface area contributed by atoms with E-state index in [9.17, 15) is 14.4 Å². The molecule has 7 heteroatoms. The van der Waals surface area contributed by atoms with Crippen LogP contribution in [0, 0.1) is 5.92 Å². The van der Waals surface area contributed by atoms with Crippen LogP contribution in [0.15, 0.2) is 0 Å². The van der Waals surface area contributed by atoms with Gasteiger partial charge in [0.1, 0.15) is 6.04 Å². The van der Waals surface area contributed by atoms with Crippen molar-refractivity contribution in [3.8, 4) is 0 Å². The SMILES string of the molecule is NC(=O)CCC(NC(=O)NCC1CCCCC1)C(=O)O. The Morgan fingerprint density at radius 2 is 1.85 bits per heavy atom. The maximum absolute atomic E-state index is 11.6. The quantitative estimate of drug-likeness (QED) is 0.546. The first kappa shape index (κ1) is 16.3. The van der Waals surface area contributed by atoms with Crippen molar-refractivity contribution in [2.45, 2.75) is 51.0 Å². The minimum atomic E-state index is -1.17. The smallest absolute Gasteiger partial charge is 0.326 e. The number of aliphatic carboxylic acids is 1. The molecule has 3 amide bonds. The molecule has 1 aliphatic carbocycles. The van der Waals surface area contributed by atoms with Crippen LogP contribution < -0.4 is 16.4 Å². The number of amides is 3.